The lowest BCUT2D eigenvalue weighted by Crippen LogP contribution is -2.25. The quantitative estimate of drug-likeness (QED) is 0.891. The van der Waals surface area contributed by atoms with Crippen LogP contribution in [0, 0.1) is 0 Å². The van der Waals surface area contributed by atoms with Crippen molar-refractivity contribution in [3.05, 3.63) is 35.4 Å². The van der Waals surface area contributed by atoms with Crippen molar-refractivity contribution in [2.24, 2.45) is 0 Å². The highest BCUT2D eigenvalue weighted by Gasteiger charge is 2.38. The number of nitrogens with two attached hydrogens (primary N) is 1. The smallest absolute Gasteiger partial charge is 0.254 e. The van der Waals surface area contributed by atoms with Crippen LogP contribution < -0.4 is 5.73 Å². The number of hydrogen-bond acceptors (Lipinski definition) is 4. The predicted octanol–water partition coefficient (Wildman–Crippen LogP) is 2.04. The molecule has 2 N–H and O–H groups in total. The molecule has 1 aliphatic heterocycles. The second-order valence-electron chi connectivity index (χ2n) is 5.15. The number of nitrogen functional groups attached to an aromatic ring is 1. The molecule has 0 radical (unpaired) electrons. The second kappa shape index (κ2) is 3.60. The summed E-state index contributed by atoms with van der Waals surface area (Å²) < 4.78 is 4.87. The van der Waals surface area contributed by atoms with Crippen molar-refractivity contribution in [3.63, 3.8) is 0 Å². The van der Waals surface area contributed by atoms with Crippen molar-refractivity contribution in [2.45, 2.75) is 25.4 Å². The average Bonchev–Trinajstić information content (AvgIpc) is 3.09. The minimum atomic E-state index is 0.135. The number of carbonyl (C=O) groups is 1. The third-order valence-electron chi connectivity index (χ3n) is 3.75. The van der Waals surface area contributed by atoms with Gasteiger partial charge in [0.05, 0.1) is 0 Å². The van der Waals surface area contributed by atoms with Crippen LogP contribution in [0.5, 0.6) is 0 Å². The van der Waals surface area contributed by atoms with E-state index in [0.717, 1.165) is 36.1 Å². The predicted molar refractivity (Wildman–Crippen MR) is 69.2 cm³/mol. The molecule has 1 aromatic heterocycles. The number of fused-ring (bicyclic) bond motifs is 1. The van der Waals surface area contributed by atoms with Crippen LogP contribution in [0.3, 0.4) is 0 Å². The van der Waals surface area contributed by atoms with Gasteiger partial charge in [-0.2, -0.15) is 0 Å². The molecule has 0 bridgehead atoms. The molecule has 0 unspecified atom stereocenters. The maximum Gasteiger partial charge on any atom is 0.254 e. The number of rotatable bonds is 2. The van der Waals surface area contributed by atoms with Crippen LogP contribution in [0.15, 0.2) is 28.8 Å². The van der Waals surface area contributed by atoms with Gasteiger partial charge in [0.1, 0.15) is 5.69 Å². The molecule has 2 heterocycles. The van der Waals surface area contributed by atoms with Crippen molar-refractivity contribution in [3.8, 4) is 11.3 Å². The van der Waals surface area contributed by atoms with Gasteiger partial charge in [0.25, 0.3) is 5.91 Å². The highest BCUT2D eigenvalue weighted by Crippen LogP contribution is 2.36. The standard InChI is InChI=1S/C14H13N3O2/c15-13-6-12(16-19-13)8-1-2-9-7-17(10-3-4-10)14(18)11(9)5-8/h1-2,5-6,10H,3-4,7,15H2. The van der Waals surface area contributed by atoms with E-state index in [-0.39, 0.29) is 11.8 Å². The number of carbonyl (C=O) groups excluding carboxylic acids is 1. The first-order chi connectivity index (χ1) is 9.22. The summed E-state index contributed by atoms with van der Waals surface area (Å²) in [4.78, 5) is 14.3. The molecule has 0 spiro atoms. The summed E-state index contributed by atoms with van der Waals surface area (Å²) in [5.74, 6) is 0.414. The topological polar surface area (TPSA) is 72.4 Å². The lowest BCUT2D eigenvalue weighted by molar-refractivity contribution is 0.0766. The summed E-state index contributed by atoms with van der Waals surface area (Å²) in [6.45, 7) is 0.736. The second-order valence-corrected chi connectivity index (χ2v) is 5.15. The first-order valence-corrected chi connectivity index (χ1v) is 6.39. The van der Waals surface area contributed by atoms with Gasteiger partial charge in [0, 0.05) is 29.8 Å². The monoisotopic (exact) mass is 255 g/mol. The minimum absolute atomic E-state index is 0.135. The van der Waals surface area contributed by atoms with E-state index in [2.05, 4.69) is 5.16 Å². The van der Waals surface area contributed by atoms with Crippen LogP contribution in [0.25, 0.3) is 11.3 Å². The summed E-state index contributed by atoms with van der Waals surface area (Å²) in [5, 5.41) is 3.88. The Labute approximate surface area is 110 Å². The molecule has 0 saturated heterocycles. The Morgan fingerprint density at radius 3 is 2.84 bits per heavy atom. The van der Waals surface area contributed by atoms with E-state index in [1.807, 2.05) is 23.1 Å². The van der Waals surface area contributed by atoms with E-state index in [0.29, 0.717) is 11.7 Å². The van der Waals surface area contributed by atoms with Crippen LogP contribution in [0.2, 0.25) is 0 Å². The Hall–Kier alpha value is -2.30. The molecule has 1 aliphatic carbocycles. The number of amides is 1. The van der Waals surface area contributed by atoms with Gasteiger partial charge in [-0.25, -0.2) is 0 Å². The van der Waals surface area contributed by atoms with E-state index < -0.39 is 0 Å². The van der Waals surface area contributed by atoms with Gasteiger partial charge in [-0.1, -0.05) is 17.3 Å². The van der Waals surface area contributed by atoms with E-state index in [1.54, 1.807) is 6.07 Å². The Bertz CT molecular complexity index is 673. The Balaban J connectivity index is 1.73. The Morgan fingerprint density at radius 1 is 1.32 bits per heavy atom. The van der Waals surface area contributed by atoms with Crippen molar-refractivity contribution in [1.82, 2.24) is 10.1 Å². The molecule has 0 atom stereocenters. The van der Waals surface area contributed by atoms with E-state index in [1.165, 1.54) is 0 Å². The molecular formula is C14H13N3O2. The maximum absolute atomic E-state index is 12.3. The molecule has 2 aromatic rings. The molecule has 1 saturated carbocycles. The van der Waals surface area contributed by atoms with Crippen LogP contribution in [-0.4, -0.2) is 22.0 Å². The molecular weight excluding hydrogens is 242 g/mol. The van der Waals surface area contributed by atoms with Gasteiger partial charge >= 0.3 is 0 Å². The zero-order chi connectivity index (χ0) is 13.0. The molecule has 2 aliphatic rings. The summed E-state index contributed by atoms with van der Waals surface area (Å²) in [6.07, 6.45) is 2.26. The summed E-state index contributed by atoms with van der Waals surface area (Å²) >= 11 is 0. The zero-order valence-corrected chi connectivity index (χ0v) is 10.3. The third-order valence-corrected chi connectivity index (χ3v) is 3.75. The summed E-state index contributed by atoms with van der Waals surface area (Å²) in [6, 6.07) is 7.96. The Morgan fingerprint density at radius 2 is 2.16 bits per heavy atom. The van der Waals surface area contributed by atoms with Gasteiger partial charge in [-0.15, -0.1) is 0 Å². The lowest BCUT2D eigenvalue weighted by atomic mass is 10.0. The number of nitrogens with zero attached hydrogens (tertiary/aromatic N) is 2. The largest absolute Gasteiger partial charge is 0.368 e. The molecule has 1 fully saturated rings. The van der Waals surface area contributed by atoms with Gasteiger partial charge < -0.3 is 15.2 Å². The number of anilines is 1. The average molecular weight is 255 g/mol. The first kappa shape index (κ1) is 10.6. The van der Waals surface area contributed by atoms with Crippen LogP contribution in [-0.2, 0) is 6.54 Å². The van der Waals surface area contributed by atoms with Crippen molar-refractivity contribution >= 4 is 11.8 Å². The van der Waals surface area contributed by atoms with Crippen LogP contribution >= 0.6 is 0 Å². The minimum Gasteiger partial charge on any atom is -0.368 e. The normalized spacial score (nSPS) is 17.9. The first-order valence-electron chi connectivity index (χ1n) is 6.39. The van der Waals surface area contributed by atoms with E-state index >= 15 is 0 Å². The molecule has 4 rings (SSSR count). The van der Waals surface area contributed by atoms with Crippen molar-refractivity contribution in [2.75, 3.05) is 5.73 Å². The maximum atomic E-state index is 12.3. The van der Waals surface area contributed by atoms with E-state index in [4.69, 9.17) is 10.3 Å². The van der Waals surface area contributed by atoms with E-state index in [9.17, 15) is 4.79 Å². The molecule has 96 valence electrons. The number of hydrogen-bond donors (Lipinski definition) is 1. The molecule has 19 heavy (non-hydrogen) atoms. The SMILES string of the molecule is Nc1cc(-c2ccc3c(c2)C(=O)N(C2CC2)C3)no1. The summed E-state index contributed by atoms with van der Waals surface area (Å²) in [5.41, 5.74) is 8.93. The molecule has 5 heteroatoms. The fourth-order valence-electron chi connectivity index (χ4n) is 2.59. The fraction of sp³-hybridized carbons (Fsp3) is 0.286. The van der Waals surface area contributed by atoms with Crippen molar-refractivity contribution in [1.29, 1.82) is 0 Å². The highest BCUT2D eigenvalue weighted by atomic mass is 16.5. The van der Waals surface area contributed by atoms with Crippen molar-refractivity contribution < 1.29 is 9.32 Å². The fourth-order valence-corrected chi connectivity index (χ4v) is 2.59. The third kappa shape index (κ3) is 1.62. The van der Waals surface area contributed by atoms with Crippen LogP contribution in [0.1, 0.15) is 28.8 Å². The van der Waals surface area contributed by atoms with Gasteiger partial charge in [-0.3, -0.25) is 4.79 Å². The van der Waals surface area contributed by atoms with Crippen LogP contribution in [0.4, 0.5) is 5.88 Å². The van der Waals surface area contributed by atoms with Gasteiger partial charge in [0.2, 0.25) is 5.88 Å². The summed E-state index contributed by atoms with van der Waals surface area (Å²) in [7, 11) is 0. The highest BCUT2D eigenvalue weighted by molar-refractivity contribution is 5.99. The lowest BCUT2D eigenvalue weighted by Gasteiger charge is -2.13. The number of benzene rings is 1. The molecule has 1 amide bonds. The number of aromatic nitrogens is 1. The van der Waals surface area contributed by atoms with Gasteiger partial charge in [0.15, 0.2) is 0 Å². The Kier molecular flexibility index (Phi) is 2.01. The molecule has 5 nitrogen and oxygen atoms in total. The molecule has 1 aromatic carbocycles. The zero-order valence-electron chi connectivity index (χ0n) is 10.3. The van der Waals surface area contributed by atoms with Gasteiger partial charge in [-0.05, 0) is 24.5 Å².